The van der Waals surface area contributed by atoms with Crippen LogP contribution in [0.25, 0.3) is 0 Å². The molecule has 0 spiro atoms. The third-order valence-electron chi connectivity index (χ3n) is 4.45. The number of rotatable bonds is 5. The normalized spacial score (nSPS) is 15.1. The molecular formula is C19H21N3O3. The second-order valence-electron chi connectivity index (χ2n) is 6.25. The first kappa shape index (κ1) is 17.1. The highest BCUT2D eigenvalue weighted by Gasteiger charge is 2.21. The van der Waals surface area contributed by atoms with Crippen molar-refractivity contribution in [2.75, 3.05) is 26.2 Å². The van der Waals surface area contributed by atoms with Gasteiger partial charge < -0.3 is 4.90 Å². The lowest BCUT2D eigenvalue weighted by Crippen LogP contribution is -2.48. The Labute approximate surface area is 146 Å². The maximum atomic E-state index is 12.4. The van der Waals surface area contributed by atoms with Gasteiger partial charge >= 0.3 is 0 Å². The molecule has 130 valence electrons. The van der Waals surface area contributed by atoms with E-state index in [1.165, 1.54) is 6.07 Å². The second-order valence-corrected chi connectivity index (χ2v) is 6.25. The summed E-state index contributed by atoms with van der Waals surface area (Å²) >= 11 is 0. The molecule has 1 fully saturated rings. The first-order chi connectivity index (χ1) is 12.1. The van der Waals surface area contributed by atoms with Crippen LogP contribution in [0.4, 0.5) is 5.69 Å². The molecule has 25 heavy (non-hydrogen) atoms. The molecule has 6 nitrogen and oxygen atoms in total. The van der Waals surface area contributed by atoms with Crippen LogP contribution in [0.15, 0.2) is 54.6 Å². The highest BCUT2D eigenvalue weighted by atomic mass is 16.6. The third kappa shape index (κ3) is 4.64. The van der Waals surface area contributed by atoms with E-state index in [1.54, 1.807) is 12.1 Å². The van der Waals surface area contributed by atoms with Crippen molar-refractivity contribution in [1.29, 1.82) is 0 Å². The summed E-state index contributed by atoms with van der Waals surface area (Å²) in [4.78, 5) is 27.0. The molecule has 0 aliphatic carbocycles. The van der Waals surface area contributed by atoms with E-state index >= 15 is 0 Å². The van der Waals surface area contributed by atoms with E-state index in [2.05, 4.69) is 4.90 Å². The summed E-state index contributed by atoms with van der Waals surface area (Å²) in [6.45, 7) is 3.62. The molecule has 1 aliphatic heterocycles. The molecule has 0 atom stereocenters. The van der Waals surface area contributed by atoms with Crippen molar-refractivity contribution in [3.8, 4) is 0 Å². The molecule has 2 aromatic rings. The molecular weight excluding hydrogens is 318 g/mol. The number of nitro benzene ring substituents is 1. The maximum absolute atomic E-state index is 12.4. The van der Waals surface area contributed by atoms with Gasteiger partial charge in [-0.3, -0.25) is 19.8 Å². The molecule has 0 aromatic heterocycles. The second kappa shape index (κ2) is 7.90. The van der Waals surface area contributed by atoms with Crippen LogP contribution >= 0.6 is 0 Å². The Morgan fingerprint density at radius 1 is 0.960 bits per heavy atom. The molecule has 1 aliphatic rings. The molecule has 1 amide bonds. The van der Waals surface area contributed by atoms with Crippen LogP contribution < -0.4 is 0 Å². The summed E-state index contributed by atoms with van der Waals surface area (Å²) in [5, 5.41) is 10.9. The molecule has 1 heterocycles. The summed E-state index contributed by atoms with van der Waals surface area (Å²) in [5.41, 5.74) is 2.08. The van der Waals surface area contributed by atoms with Crippen molar-refractivity contribution in [2.24, 2.45) is 0 Å². The molecule has 0 bridgehead atoms. The Morgan fingerprint density at radius 3 is 2.32 bits per heavy atom. The van der Waals surface area contributed by atoms with Gasteiger partial charge in [-0.05, 0) is 11.1 Å². The smallest absolute Gasteiger partial charge is 0.269 e. The average molecular weight is 339 g/mol. The van der Waals surface area contributed by atoms with Gasteiger partial charge in [0.15, 0.2) is 0 Å². The molecule has 6 heteroatoms. The molecule has 0 N–H and O–H groups in total. The van der Waals surface area contributed by atoms with Crippen LogP contribution in [0, 0.1) is 10.1 Å². The van der Waals surface area contributed by atoms with Gasteiger partial charge in [0.05, 0.1) is 11.3 Å². The number of non-ortho nitro benzene ring substituents is 1. The van der Waals surface area contributed by atoms with Crippen molar-refractivity contribution in [3.05, 3.63) is 75.8 Å². The van der Waals surface area contributed by atoms with Crippen molar-refractivity contribution >= 4 is 11.6 Å². The van der Waals surface area contributed by atoms with Gasteiger partial charge in [-0.25, -0.2) is 0 Å². The molecule has 0 saturated carbocycles. The number of piperazine rings is 1. The minimum atomic E-state index is -0.371. The van der Waals surface area contributed by atoms with E-state index in [0.717, 1.165) is 24.2 Å². The van der Waals surface area contributed by atoms with E-state index in [-0.39, 0.29) is 16.5 Å². The Morgan fingerprint density at radius 2 is 1.64 bits per heavy atom. The zero-order valence-electron chi connectivity index (χ0n) is 14.0. The minimum Gasteiger partial charge on any atom is -0.340 e. The number of nitro groups is 1. The van der Waals surface area contributed by atoms with E-state index in [0.29, 0.717) is 26.1 Å². The Balaban J connectivity index is 1.51. The number of hydrogen-bond acceptors (Lipinski definition) is 4. The predicted molar refractivity (Wildman–Crippen MR) is 95.1 cm³/mol. The van der Waals surface area contributed by atoms with Crippen LogP contribution in [0.1, 0.15) is 11.1 Å². The van der Waals surface area contributed by atoms with Crippen molar-refractivity contribution in [3.63, 3.8) is 0 Å². The largest absolute Gasteiger partial charge is 0.340 e. The molecule has 0 radical (unpaired) electrons. The van der Waals surface area contributed by atoms with Gasteiger partial charge in [-0.1, -0.05) is 42.5 Å². The number of nitrogens with zero attached hydrogens (tertiary/aromatic N) is 3. The van der Waals surface area contributed by atoms with Gasteiger partial charge in [0.2, 0.25) is 5.91 Å². The van der Waals surface area contributed by atoms with E-state index in [1.807, 2.05) is 41.3 Å². The van der Waals surface area contributed by atoms with Crippen LogP contribution in [-0.4, -0.2) is 46.8 Å². The average Bonchev–Trinajstić information content (AvgIpc) is 2.63. The highest BCUT2D eigenvalue weighted by Crippen LogP contribution is 2.16. The van der Waals surface area contributed by atoms with Crippen molar-refractivity contribution in [2.45, 2.75) is 13.0 Å². The number of amides is 1. The van der Waals surface area contributed by atoms with Crippen molar-refractivity contribution < 1.29 is 9.72 Å². The summed E-state index contributed by atoms with van der Waals surface area (Å²) in [6.07, 6.45) is 0.436. The fraction of sp³-hybridized carbons (Fsp3) is 0.316. The minimum absolute atomic E-state index is 0.120. The third-order valence-corrected chi connectivity index (χ3v) is 4.45. The van der Waals surface area contributed by atoms with E-state index in [4.69, 9.17) is 0 Å². The summed E-state index contributed by atoms with van der Waals surface area (Å²) < 4.78 is 0. The summed E-state index contributed by atoms with van der Waals surface area (Å²) in [7, 11) is 0. The number of carbonyl (C=O) groups is 1. The highest BCUT2D eigenvalue weighted by molar-refractivity contribution is 5.78. The first-order valence-corrected chi connectivity index (χ1v) is 8.39. The standard InChI is InChI=1S/C19H21N3O3/c23-19(14-16-5-2-1-3-6-16)21-11-9-20(10-12-21)15-17-7-4-8-18(13-17)22(24)25/h1-8,13H,9-12,14-15H2. The summed E-state index contributed by atoms with van der Waals surface area (Å²) in [6, 6.07) is 16.5. The van der Waals surface area contributed by atoms with Gasteiger partial charge in [0, 0.05) is 44.9 Å². The maximum Gasteiger partial charge on any atom is 0.269 e. The van der Waals surface area contributed by atoms with Gasteiger partial charge in [0.1, 0.15) is 0 Å². The van der Waals surface area contributed by atoms with Crippen molar-refractivity contribution in [1.82, 2.24) is 9.80 Å². The molecule has 3 rings (SSSR count). The first-order valence-electron chi connectivity index (χ1n) is 8.39. The zero-order valence-corrected chi connectivity index (χ0v) is 14.0. The van der Waals surface area contributed by atoms with Gasteiger partial charge in [-0.2, -0.15) is 0 Å². The van der Waals surface area contributed by atoms with E-state index < -0.39 is 0 Å². The van der Waals surface area contributed by atoms with Gasteiger partial charge in [-0.15, -0.1) is 0 Å². The topological polar surface area (TPSA) is 66.7 Å². The van der Waals surface area contributed by atoms with Crippen LogP contribution in [0.5, 0.6) is 0 Å². The van der Waals surface area contributed by atoms with Crippen LogP contribution in [0.2, 0.25) is 0 Å². The molecule has 2 aromatic carbocycles. The SMILES string of the molecule is O=C(Cc1ccccc1)N1CCN(Cc2cccc([N+](=O)[O-])c2)CC1. The molecule has 0 unspecified atom stereocenters. The fourth-order valence-electron chi connectivity index (χ4n) is 3.06. The monoisotopic (exact) mass is 339 g/mol. The van der Waals surface area contributed by atoms with Crippen LogP contribution in [-0.2, 0) is 17.8 Å². The Kier molecular flexibility index (Phi) is 5.40. The quantitative estimate of drug-likeness (QED) is 0.620. The lowest BCUT2D eigenvalue weighted by Gasteiger charge is -2.34. The lowest BCUT2D eigenvalue weighted by atomic mass is 10.1. The fourth-order valence-corrected chi connectivity index (χ4v) is 3.06. The van der Waals surface area contributed by atoms with Gasteiger partial charge in [0.25, 0.3) is 5.69 Å². The number of benzene rings is 2. The predicted octanol–water partition coefficient (Wildman–Crippen LogP) is 2.48. The molecule has 1 saturated heterocycles. The lowest BCUT2D eigenvalue weighted by molar-refractivity contribution is -0.384. The van der Waals surface area contributed by atoms with Crippen LogP contribution in [0.3, 0.4) is 0 Å². The summed E-state index contributed by atoms with van der Waals surface area (Å²) in [5.74, 6) is 0.154. The zero-order chi connectivity index (χ0) is 17.6. The number of hydrogen-bond donors (Lipinski definition) is 0. The number of carbonyl (C=O) groups excluding carboxylic acids is 1. The Bertz CT molecular complexity index is 741. The Hall–Kier alpha value is -2.73. The van der Waals surface area contributed by atoms with E-state index in [9.17, 15) is 14.9 Å².